The highest BCUT2D eigenvalue weighted by atomic mass is 35.5. The first-order valence-electron chi connectivity index (χ1n) is 6.14. The first-order chi connectivity index (χ1) is 9.76. The van der Waals surface area contributed by atoms with Gasteiger partial charge in [0.15, 0.2) is 0 Å². The van der Waals surface area contributed by atoms with Crippen LogP contribution in [0.4, 0.5) is 18.9 Å². The molecule has 0 saturated heterocycles. The smallest absolute Gasteiger partial charge is 0.405 e. The van der Waals surface area contributed by atoms with Gasteiger partial charge in [0, 0.05) is 6.42 Å². The van der Waals surface area contributed by atoms with Gasteiger partial charge in [-0.15, -0.1) is 13.2 Å². The van der Waals surface area contributed by atoms with Crippen LogP contribution in [0.15, 0.2) is 36.4 Å². The Hall–Kier alpha value is -1.88. The summed E-state index contributed by atoms with van der Waals surface area (Å²) in [5.74, 6) is -0.235. The van der Waals surface area contributed by atoms with Crippen LogP contribution in [-0.4, -0.2) is 6.36 Å². The third-order valence-corrected chi connectivity index (χ3v) is 3.36. The third kappa shape index (κ3) is 4.04. The maximum atomic E-state index is 12.4. The minimum Gasteiger partial charge on any atom is -0.405 e. The topological polar surface area (TPSA) is 35.2 Å². The summed E-state index contributed by atoms with van der Waals surface area (Å²) >= 11 is 6.11. The second kappa shape index (κ2) is 5.85. The van der Waals surface area contributed by atoms with E-state index >= 15 is 0 Å². The summed E-state index contributed by atoms with van der Waals surface area (Å²) in [4.78, 5) is 0. The van der Waals surface area contributed by atoms with Crippen molar-refractivity contribution in [1.82, 2.24) is 0 Å². The number of anilines is 1. The molecule has 0 atom stereocenters. The number of hydrogen-bond acceptors (Lipinski definition) is 2. The lowest BCUT2D eigenvalue weighted by molar-refractivity contribution is -0.274. The van der Waals surface area contributed by atoms with E-state index in [2.05, 4.69) is 4.74 Å². The van der Waals surface area contributed by atoms with Gasteiger partial charge in [0.2, 0.25) is 0 Å². The average Bonchev–Trinajstić information content (AvgIpc) is 2.36. The zero-order valence-corrected chi connectivity index (χ0v) is 11.9. The minimum absolute atomic E-state index is 0.205. The van der Waals surface area contributed by atoms with Crippen LogP contribution in [-0.2, 0) is 6.42 Å². The van der Waals surface area contributed by atoms with Gasteiger partial charge in [-0.3, -0.25) is 0 Å². The van der Waals surface area contributed by atoms with Crippen molar-refractivity contribution in [3.05, 3.63) is 58.1 Å². The Morgan fingerprint density at radius 3 is 2.48 bits per heavy atom. The van der Waals surface area contributed by atoms with Crippen molar-refractivity contribution in [1.29, 1.82) is 0 Å². The van der Waals surface area contributed by atoms with Crippen molar-refractivity contribution in [3.8, 4) is 5.75 Å². The van der Waals surface area contributed by atoms with Gasteiger partial charge < -0.3 is 10.5 Å². The first kappa shape index (κ1) is 15.5. The summed E-state index contributed by atoms with van der Waals surface area (Å²) in [5, 5.41) is 0.349. The highest BCUT2D eigenvalue weighted by Gasteiger charge is 2.32. The van der Waals surface area contributed by atoms with Crippen LogP contribution < -0.4 is 10.5 Å². The first-order valence-corrected chi connectivity index (χ1v) is 6.52. The fourth-order valence-electron chi connectivity index (χ4n) is 2.08. The fourth-order valence-corrected chi connectivity index (χ4v) is 2.26. The molecular formula is C15H13ClF3NO. The molecule has 0 spiro atoms. The van der Waals surface area contributed by atoms with Gasteiger partial charge in [-0.05, 0) is 35.7 Å². The molecule has 2 aromatic rings. The number of aryl methyl sites for hydroxylation is 1. The largest absolute Gasteiger partial charge is 0.573 e. The quantitative estimate of drug-likeness (QED) is 0.832. The maximum Gasteiger partial charge on any atom is 0.573 e. The molecule has 2 nitrogen and oxygen atoms in total. The van der Waals surface area contributed by atoms with Crippen molar-refractivity contribution in [2.24, 2.45) is 0 Å². The summed E-state index contributed by atoms with van der Waals surface area (Å²) < 4.78 is 41.2. The van der Waals surface area contributed by atoms with Gasteiger partial charge in [-0.2, -0.15) is 0 Å². The second-order valence-electron chi connectivity index (χ2n) is 4.66. The number of ether oxygens (including phenoxy) is 1. The molecule has 0 heterocycles. The normalized spacial score (nSPS) is 11.5. The fraction of sp³-hybridized carbons (Fsp3) is 0.200. The van der Waals surface area contributed by atoms with E-state index in [1.54, 1.807) is 24.3 Å². The van der Waals surface area contributed by atoms with Gasteiger partial charge in [0.1, 0.15) is 5.75 Å². The lowest BCUT2D eigenvalue weighted by atomic mass is 10.0. The number of alkyl halides is 3. The summed E-state index contributed by atoms with van der Waals surface area (Å²) in [6.07, 6.45) is -4.53. The molecule has 0 bridgehead atoms. The molecule has 0 radical (unpaired) electrons. The molecule has 0 aromatic heterocycles. The van der Waals surface area contributed by atoms with Gasteiger partial charge in [0.25, 0.3) is 0 Å². The number of nitrogens with two attached hydrogens (primary N) is 1. The van der Waals surface area contributed by atoms with Gasteiger partial charge in [0.05, 0.1) is 10.7 Å². The Labute approximate surface area is 125 Å². The van der Waals surface area contributed by atoms with E-state index in [1.807, 2.05) is 6.92 Å². The van der Waals surface area contributed by atoms with E-state index in [-0.39, 0.29) is 12.2 Å². The molecule has 2 aromatic carbocycles. The number of hydrogen-bond donors (Lipinski definition) is 1. The van der Waals surface area contributed by atoms with Crippen molar-refractivity contribution >= 4 is 17.3 Å². The SMILES string of the molecule is Cc1cc(N)c(Cl)c(Cc2ccccc2OC(F)(F)F)c1. The van der Waals surface area contributed by atoms with Crippen molar-refractivity contribution in [2.45, 2.75) is 19.7 Å². The molecule has 112 valence electrons. The molecule has 0 aliphatic heterocycles. The minimum atomic E-state index is -4.73. The van der Waals surface area contributed by atoms with Crippen LogP contribution in [0.1, 0.15) is 16.7 Å². The summed E-state index contributed by atoms with van der Waals surface area (Å²) in [6, 6.07) is 9.47. The molecule has 0 saturated carbocycles. The predicted octanol–water partition coefficient (Wildman–Crippen LogP) is 4.72. The number of para-hydroxylation sites is 1. The van der Waals surface area contributed by atoms with E-state index in [1.165, 1.54) is 12.1 Å². The van der Waals surface area contributed by atoms with E-state index in [9.17, 15) is 13.2 Å². The highest BCUT2D eigenvalue weighted by Crippen LogP contribution is 2.32. The van der Waals surface area contributed by atoms with Crippen molar-refractivity contribution < 1.29 is 17.9 Å². The zero-order valence-electron chi connectivity index (χ0n) is 11.2. The summed E-state index contributed by atoms with van der Waals surface area (Å²) in [6.45, 7) is 1.84. The Balaban J connectivity index is 2.36. The lowest BCUT2D eigenvalue weighted by Crippen LogP contribution is -2.18. The average molecular weight is 316 g/mol. The van der Waals surface area contributed by atoms with Crippen LogP contribution in [0, 0.1) is 6.92 Å². The number of benzene rings is 2. The van der Waals surface area contributed by atoms with Gasteiger partial charge in [-0.25, -0.2) is 0 Å². The Morgan fingerprint density at radius 2 is 1.81 bits per heavy atom. The third-order valence-electron chi connectivity index (χ3n) is 2.90. The van der Waals surface area contributed by atoms with E-state index in [0.29, 0.717) is 21.8 Å². The lowest BCUT2D eigenvalue weighted by Gasteiger charge is -2.14. The van der Waals surface area contributed by atoms with Gasteiger partial charge in [-0.1, -0.05) is 35.9 Å². The monoisotopic (exact) mass is 315 g/mol. The molecule has 6 heteroatoms. The Kier molecular flexibility index (Phi) is 4.32. The Morgan fingerprint density at radius 1 is 1.14 bits per heavy atom. The molecular weight excluding hydrogens is 303 g/mol. The molecule has 0 aliphatic rings. The predicted molar refractivity (Wildman–Crippen MR) is 76.5 cm³/mol. The maximum absolute atomic E-state index is 12.4. The van der Waals surface area contributed by atoms with E-state index < -0.39 is 6.36 Å². The van der Waals surface area contributed by atoms with E-state index in [0.717, 1.165) is 5.56 Å². The summed E-state index contributed by atoms with van der Waals surface area (Å²) in [5.41, 5.74) is 8.12. The van der Waals surface area contributed by atoms with E-state index in [4.69, 9.17) is 17.3 Å². The van der Waals surface area contributed by atoms with Crippen LogP contribution in [0.5, 0.6) is 5.75 Å². The molecule has 0 amide bonds. The number of rotatable bonds is 3. The Bertz CT molecular complexity index is 656. The van der Waals surface area contributed by atoms with Crippen LogP contribution in [0.25, 0.3) is 0 Å². The number of halogens is 4. The molecule has 21 heavy (non-hydrogen) atoms. The second-order valence-corrected chi connectivity index (χ2v) is 5.04. The zero-order chi connectivity index (χ0) is 15.6. The molecule has 2 rings (SSSR count). The van der Waals surface area contributed by atoms with Gasteiger partial charge >= 0.3 is 6.36 Å². The summed E-state index contributed by atoms with van der Waals surface area (Å²) in [7, 11) is 0. The highest BCUT2D eigenvalue weighted by molar-refractivity contribution is 6.33. The van der Waals surface area contributed by atoms with Crippen molar-refractivity contribution in [2.75, 3.05) is 5.73 Å². The standard InChI is InChI=1S/C15H13ClF3NO/c1-9-6-11(14(16)12(20)7-9)8-10-4-2-3-5-13(10)21-15(17,18)19/h2-7H,8,20H2,1H3. The van der Waals surface area contributed by atoms with Crippen LogP contribution in [0.2, 0.25) is 5.02 Å². The molecule has 2 N–H and O–H groups in total. The van der Waals surface area contributed by atoms with Crippen molar-refractivity contribution in [3.63, 3.8) is 0 Å². The molecule has 0 unspecified atom stereocenters. The number of nitrogen functional groups attached to an aromatic ring is 1. The molecule has 0 fully saturated rings. The molecule has 0 aliphatic carbocycles. The van der Waals surface area contributed by atoms with Crippen LogP contribution >= 0.6 is 11.6 Å². The van der Waals surface area contributed by atoms with Crippen LogP contribution in [0.3, 0.4) is 0 Å².